The van der Waals surface area contributed by atoms with Crippen molar-refractivity contribution in [3.05, 3.63) is 41.0 Å². The number of hydrogen-bond acceptors (Lipinski definition) is 18. The molecule has 3 aromatic rings. The molecule has 18 heteroatoms. The van der Waals surface area contributed by atoms with Crippen molar-refractivity contribution in [2.24, 2.45) is 0 Å². The average Bonchev–Trinajstić information content (AvgIpc) is 2.99. The van der Waals surface area contributed by atoms with Crippen molar-refractivity contribution >= 4 is 17.9 Å². The smallest absolute Gasteiger partial charge is 0.340 e. The van der Waals surface area contributed by atoms with Gasteiger partial charge in [0.15, 0.2) is 52.5 Å². The molecule has 45 heavy (non-hydrogen) atoms. The van der Waals surface area contributed by atoms with E-state index in [4.69, 9.17) is 18.9 Å². The van der Waals surface area contributed by atoms with Crippen LogP contribution in [0.1, 0.15) is 31.1 Å². The molecule has 0 aromatic heterocycles. The van der Waals surface area contributed by atoms with E-state index in [9.17, 15) is 70.6 Å². The van der Waals surface area contributed by atoms with E-state index in [1.54, 1.807) is 0 Å². The van der Waals surface area contributed by atoms with Crippen molar-refractivity contribution in [3.63, 3.8) is 0 Å². The summed E-state index contributed by atoms with van der Waals surface area (Å²) in [6.07, 6.45) is -10.2. The molecule has 5 atom stereocenters. The second-order valence-corrected chi connectivity index (χ2v) is 9.79. The lowest BCUT2D eigenvalue weighted by atomic mass is 9.91. The van der Waals surface area contributed by atoms with E-state index < -0.39 is 135 Å². The Morgan fingerprint density at radius 1 is 0.667 bits per heavy atom. The maximum Gasteiger partial charge on any atom is 0.340 e. The summed E-state index contributed by atoms with van der Waals surface area (Å²) in [5.74, 6) is -14.5. The number of fused-ring (bicyclic) bond motifs is 5. The Kier molecular flexibility index (Phi) is 7.49. The van der Waals surface area contributed by atoms with Crippen molar-refractivity contribution < 1.29 is 89.5 Å². The maximum atomic E-state index is 13.5. The van der Waals surface area contributed by atoms with Crippen LogP contribution in [0.25, 0.3) is 11.1 Å². The van der Waals surface area contributed by atoms with Crippen LogP contribution in [0.15, 0.2) is 24.3 Å². The van der Waals surface area contributed by atoms with Crippen LogP contribution in [0, 0.1) is 0 Å². The van der Waals surface area contributed by atoms with E-state index in [1.807, 2.05) is 0 Å². The zero-order valence-corrected chi connectivity index (χ0v) is 22.2. The fourth-order valence-electron chi connectivity index (χ4n) is 4.71. The molecule has 0 spiro atoms. The minimum Gasteiger partial charge on any atom is -0.504 e. The van der Waals surface area contributed by atoms with Crippen molar-refractivity contribution in [2.75, 3.05) is 6.61 Å². The van der Waals surface area contributed by atoms with Crippen LogP contribution in [0.5, 0.6) is 51.7 Å². The van der Waals surface area contributed by atoms with Crippen LogP contribution in [0.4, 0.5) is 0 Å². The largest absolute Gasteiger partial charge is 0.504 e. The molecular formula is C27H22O18. The van der Waals surface area contributed by atoms with Gasteiger partial charge >= 0.3 is 17.9 Å². The zero-order valence-electron chi connectivity index (χ0n) is 22.2. The van der Waals surface area contributed by atoms with Crippen molar-refractivity contribution in [1.29, 1.82) is 0 Å². The van der Waals surface area contributed by atoms with Gasteiger partial charge in [-0.05, 0) is 24.3 Å². The van der Waals surface area contributed by atoms with Crippen LogP contribution >= 0.6 is 0 Å². The van der Waals surface area contributed by atoms with E-state index in [0.29, 0.717) is 24.3 Å². The number of esters is 3. The Morgan fingerprint density at radius 2 is 1.16 bits per heavy atom. The van der Waals surface area contributed by atoms with Gasteiger partial charge < -0.3 is 75.1 Å². The van der Waals surface area contributed by atoms with Gasteiger partial charge in [0, 0.05) is 11.1 Å². The lowest BCUT2D eigenvalue weighted by Gasteiger charge is -2.41. The molecule has 2 aliphatic heterocycles. The lowest BCUT2D eigenvalue weighted by molar-refractivity contribution is -0.284. The highest BCUT2D eigenvalue weighted by Crippen LogP contribution is 2.53. The van der Waals surface area contributed by atoms with Crippen LogP contribution in [-0.4, -0.2) is 111 Å². The van der Waals surface area contributed by atoms with E-state index >= 15 is 0 Å². The Labute approximate surface area is 248 Å². The fourth-order valence-corrected chi connectivity index (χ4v) is 4.71. The molecule has 5 rings (SSSR count). The summed E-state index contributed by atoms with van der Waals surface area (Å²) in [6, 6.07) is 2.45. The van der Waals surface area contributed by atoms with Crippen molar-refractivity contribution in [1.82, 2.24) is 0 Å². The molecular weight excluding hydrogens is 612 g/mol. The number of hydrogen-bond donors (Lipinski definition) is 11. The number of aliphatic hydroxyl groups is 2. The molecule has 3 aromatic carbocycles. The van der Waals surface area contributed by atoms with Gasteiger partial charge in [-0.1, -0.05) is 0 Å². The monoisotopic (exact) mass is 634 g/mol. The van der Waals surface area contributed by atoms with Gasteiger partial charge in [-0.15, -0.1) is 0 Å². The van der Waals surface area contributed by atoms with Gasteiger partial charge in [0.05, 0.1) is 16.7 Å². The molecule has 1 saturated heterocycles. The minimum absolute atomic E-state index is 0.508. The standard InChI is InChI=1S/C27H22O18/c28-9-1-6(2-10(29)16(9)32)24(39)45-27-22(38)23-19(35)13(43-27)5-42-25(40)7-3-11(30)17(33)20(36)14(7)15-8(26(41)44-23)4-12(31)18(34)21(15)37/h1-4,13,19,22-23,27-38H,5H2/t13-,19-,22-,23-,27-/m0/s1. The number of ether oxygens (including phenoxy) is 4. The number of aliphatic hydroxyl groups excluding tert-OH is 2. The number of phenols is 9. The first-order chi connectivity index (χ1) is 21.1. The highest BCUT2D eigenvalue weighted by molar-refractivity contribution is 6.08. The summed E-state index contributed by atoms with van der Waals surface area (Å²) in [5, 5.41) is 113. The van der Waals surface area contributed by atoms with E-state index in [-0.39, 0.29) is 0 Å². The first kappa shape index (κ1) is 30.6. The Morgan fingerprint density at radius 3 is 1.69 bits per heavy atom. The fraction of sp³-hybridized carbons (Fsp3) is 0.222. The normalized spacial score (nSPS) is 22.9. The Balaban J connectivity index is 1.61. The summed E-state index contributed by atoms with van der Waals surface area (Å²) in [7, 11) is 0. The number of benzene rings is 3. The second-order valence-electron chi connectivity index (χ2n) is 9.79. The Bertz CT molecular complexity index is 1730. The van der Waals surface area contributed by atoms with Gasteiger partial charge in [0.1, 0.15) is 18.8 Å². The highest BCUT2D eigenvalue weighted by Gasteiger charge is 2.50. The van der Waals surface area contributed by atoms with Crippen LogP contribution in [-0.2, 0) is 18.9 Å². The highest BCUT2D eigenvalue weighted by atomic mass is 16.7. The first-order valence-corrected chi connectivity index (χ1v) is 12.5. The molecule has 18 nitrogen and oxygen atoms in total. The first-order valence-electron chi connectivity index (χ1n) is 12.5. The third-order valence-corrected chi connectivity index (χ3v) is 6.99. The molecule has 0 unspecified atom stereocenters. The topological polar surface area (TPSA) is 311 Å². The molecule has 2 aliphatic rings. The molecule has 11 N–H and O–H groups in total. The van der Waals surface area contributed by atoms with Gasteiger partial charge in [-0.25, -0.2) is 14.4 Å². The summed E-state index contributed by atoms with van der Waals surface area (Å²) < 4.78 is 20.8. The van der Waals surface area contributed by atoms with Gasteiger partial charge in [-0.2, -0.15) is 0 Å². The number of rotatable bonds is 2. The lowest BCUT2D eigenvalue weighted by Crippen LogP contribution is -2.61. The van der Waals surface area contributed by atoms with E-state index in [0.717, 1.165) is 0 Å². The molecule has 238 valence electrons. The summed E-state index contributed by atoms with van der Waals surface area (Å²) >= 11 is 0. The molecule has 2 bridgehead atoms. The third kappa shape index (κ3) is 5.07. The van der Waals surface area contributed by atoms with Crippen LogP contribution < -0.4 is 0 Å². The SMILES string of the molecule is O=C(O[C@@H]1O[C@H]2COC(=O)c3cc(O)c(O)c(O)c3-c3c(cc(O)c(O)c3O)C(=O)O[C@H]([C@@H]1O)[C@H]2O)c1cc(O)c(O)c(O)c1. The minimum atomic E-state index is -2.22. The predicted molar refractivity (Wildman–Crippen MR) is 139 cm³/mol. The van der Waals surface area contributed by atoms with Gasteiger partial charge in [0.25, 0.3) is 0 Å². The molecule has 0 aliphatic carbocycles. The molecule has 0 amide bonds. The number of carbonyl (C=O) groups excluding carboxylic acids is 3. The van der Waals surface area contributed by atoms with Gasteiger partial charge in [-0.3, -0.25) is 0 Å². The Hall–Kier alpha value is -5.85. The zero-order chi connectivity index (χ0) is 33.1. The van der Waals surface area contributed by atoms with Crippen molar-refractivity contribution in [3.8, 4) is 62.9 Å². The third-order valence-electron chi connectivity index (χ3n) is 6.99. The van der Waals surface area contributed by atoms with Crippen LogP contribution in [0.2, 0.25) is 0 Å². The van der Waals surface area contributed by atoms with Gasteiger partial charge in [0.2, 0.25) is 17.8 Å². The summed E-state index contributed by atoms with van der Waals surface area (Å²) in [4.78, 5) is 39.4. The second kappa shape index (κ2) is 11.0. The molecule has 1 fully saturated rings. The quantitative estimate of drug-likeness (QED) is 0.0979. The molecule has 2 heterocycles. The van der Waals surface area contributed by atoms with Crippen molar-refractivity contribution in [2.45, 2.75) is 30.7 Å². The predicted octanol–water partition coefficient (Wildman–Crippen LogP) is -0.297. The molecule has 0 radical (unpaired) electrons. The van der Waals surface area contributed by atoms with E-state index in [2.05, 4.69) is 0 Å². The van der Waals surface area contributed by atoms with E-state index in [1.165, 1.54) is 0 Å². The van der Waals surface area contributed by atoms with Crippen LogP contribution in [0.3, 0.4) is 0 Å². The summed E-state index contributed by atoms with van der Waals surface area (Å²) in [6.45, 7) is -0.947. The number of phenolic OH excluding ortho intramolecular Hbond substituents is 9. The maximum absolute atomic E-state index is 13.5. The molecule has 0 saturated carbocycles. The average molecular weight is 634 g/mol. The number of carbonyl (C=O) groups is 3. The number of cyclic esters (lactones) is 1. The number of aromatic hydroxyl groups is 9. The summed E-state index contributed by atoms with van der Waals surface area (Å²) in [5.41, 5.74) is -4.12.